The zero-order valence-corrected chi connectivity index (χ0v) is 24.6. The molecule has 0 radical (unpaired) electrons. The number of pyridine rings is 1. The molecule has 230 valence electrons. The molecule has 3 heterocycles. The van der Waals surface area contributed by atoms with Crippen LogP contribution in [0.2, 0.25) is 0 Å². The van der Waals surface area contributed by atoms with Crippen molar-refractivity contribution in [1.82, 2.24) is 19.8 Å². The van der Waals surface area contributed by atoms with Crippen LogP contribution in [0.4, 0.5) is 22.4 Å². The summed E-state index contributed by atoms with van der Waals surface area (Å²) in [7, 11) is 1.44. The summed E-state index contributed by atoms with van der Waals surface area (Å²) in [5, 5.41) is 0.969. The van der Waals surface area contributed by atoms with Gasteiger partial charge in [0.1, 0.15) is 18.0 Å². The van der Waals surface area contributed by atoms with Crippen LogP contribution in [0.5, 0.6) is 11.6 Å². The molecule has 0 spiro atoms. The summed E-state index contributed by atoms with van der Waals surface area (Å²) in [6.07, 6.45) is -3.01. The van der Waals surface area contributed by atoms with Gasteiger partial charge < -0.3 is 24.1 Å². The molecule has 2 aromatic heterocycles. The molecule has 0 saturated carbocycles. The Morgan fingerprint density at radius 2 is 1.93 bits per heavy atom. The highest BCUT2D eigenvalue weighted by Gasteiger charge is 2.43. The number of halogens is 4. The first-order chi connectivity index (χ1) is 19.8. The maximum atomic E-state index is 13.9. The van der Waals surface area contributed by atoms with Gasteiger partial charge in [-0.2, -0.15) is 13.2 Å². The van der Waals surface area contributed by atoms with E-state index < -0.39 is 43.2 Å². The molecule has 0 unspecified atom stereocenters. The summed E-state index contributed by atoms with van der Waals surface area (Å²) >= 11 is 0. The Labute approximate surface area is 242 Å². The van der Waals surface area contributed by atoms with Crippen LogP contribution in [-0.2, 0) is 11.2 Å². The van der Waals surface area contributed by atoms with Crippen molar-refractivity contribution in [1.29, 1.82) is 0 Å². The Kier molecular flexibility index (Phi) is 9.54. The Bertz CT molecular complexity index is 1370. The van der Waals surface area contributed by atoms with Crippen LogP contribution in [0.1, 0.15) is 57.0 Å². The van der Waals surface area contributed by atoms with Crippen LogP contribution >= 0.6 is 0 Å². The number of ether oxygens (including phenoxy) is 3. The molecule has 1 aliphatic heterocycles. The third kappa shape index (κ3) is 7.45. The van der Waals surface area contributed by atoms with Gasteiger partial charge in [0.2, 0.25) is 5.88 Å². The van der Waals surface area contributed by atoms with E-state index in [0.717, 1.165) is 16.5 Å². The van der Waals surface area contributed by atoms with E-state index in [4.69, 9.17) is 14.2 Å². The van der Waals surface area contributed by atoms with Crippen molar-refractivity contribution in [3.8, 4) is 11.6 Å². The van der Waals surface area contributed by atoms with Crippen molar-refractivity contribution in [2.24, 2.45) is 0 Å². The van der Waals surface area contributed by atoms with Crippen LogP contribution < -0.4 is 9.47 Å². The number of aromatic nitrogens is 2. The number of H-pyrrole nitrogens is 1. The van der Waals surface area contributed by atoms with Gasteiger partial charge in [-0.3, -0.25) is 9.29 Å². The molecule has 0 fully saturated rings. The number of methoxy groups -OCH3 is 1. The second kappa shape index (κ2) is 12.8. The number of amides is 1. The zero-order valence-electron chi connectivity index (χ0n) is 24.6. The second-order valence-corrected chi connectivity index (χ2v) is 11.4. The average Bonchev–Trinajstić information content (AvgIpc) is 3.27. The van der Waals surface area contributed by atoms with E-state index in [1.54, 1.807) is 33.8 Å². The minimum absolute atomic E-state index is 0.00920. The SMILES string of the molecule is COc1cnc(OCCN(CCCF)C(=O)OC(C)(C)C)cc1[C@@H]1c2[nH]c3ccccc3c2C[C@@H](C)N1CC(F)(F)F. The second-order valence-electron chi connectivity index (χ2n) is 11.4. The molecule has 1 N–H and O–H groups in total. The average molecular weight is 595 g/mol. The standard InChI is InChI=1S/C30H38F4N4O4/c1-19-15-21-20-9-6-7-10-23(20)36-26(21)27(38(19)18-30(32,33)34)22-16-25(35-17-24(22)40-5)41-14-13-37(12-8-11-31)28(39)42-29(2,3)4/h6-7,9-10,16-17,19,27,36H,8,11-15,18H2,1-5H3/t19-,27-/m1/s1. The van der Waals surface area contributed by atoms with Crippen molar-refractivity contribution in [2.45, 2.75) is 64.4 Å². The predicted molar refractivity (Wildman–Crippen MR) is 151 cm³/mol. The summed E-state index contributed by atoms with van der Waals surface area (Å²) in [5.41, 5.74) is 2.21. The summed E-state index contributed by atoms with van der Waals surface area (Å²) in [5.74, 6) is 0.472. The van der Waals surface area contributed by atoms with Crippen LogP contribution in [0, 0.1) is 0 Å². The molecule has 42 heavy (non-hydrogen) atoms. The molecule has 1 amide bonds. The van der Waals surface area contributed by atoms with Gasteiger partial charge in [0.25, 0.3) is 0 Å². The molecule has 0 aliphatic carbocycles. The van der Waals surface area contributed by atoms with Crippen LogP contribution in [0.3, 0.4) is 0 Å². The lowest BCUT2D eigenvalue weighted by molar-refractivity contribution is -0.155. The Morgan fingerprint density at radius 1 is 1.19 bits per heavy atom. The number of benzene rings is 1. The molecule has 0 saturated heterocycles. The normalized spacial score (nSPS) is 17.6. The van der Waals surface area contributed by atoms with Crippen molar-refractivity contribution < 1.29 is 36.6 Å². The molecule has 1 aromatic carbocycles. The Hall–Kier alpha value is -3.54. The number of carbonyl (C=O) groups is 1. The number of para-hydroxylation sites is 1. The first-order valence-corrected chi connectivity index (χ1v) is 13.9. The van der Waals surface area contributed by atoms with Crippen molar-refractivity contribution in [3.05, 3.63) is 53.3 Å². The number of rotatable bonds is 10. The summed E-state index contributed by atoms with van der Waals surface area (Å²) in [6, 6.07) is 7.99. The number of nitrogens with one attached hydrogen (secondary N) is 1. The first kappa shape index (κ1) is 31.4. The number of fused-ring (bicyclic) bond motifs is 3. The van der Waals surface area contributed by atoms with Crippen molar-refractivity contribution in [3.63, 3.8) is 0 Å². The lowest BCUT2D eigenvalue weighted by Crippen LogP contribution is -2.47. The van der Waals surface area contributed by atoms with Crippen LogP contribution in [0.25, 0.3) is 10.9 Å². The number of hydrogen-bond acceptors (Lipinski definition) is 6. The molecule has 8 nitrogen and oxygen atoms in total. The number of carbonyl (C=O) groups excluding carboxylic acids is 1. The maximum Gasteiger partial charge on any atom is 0.410 e. The third-order valence-corrected chi connectivity index (χ3v) is 7.09. The Balaban J connectivity index is 1.66. The zero-order chi connectivity index (χ0) is 30.7. The van der Waals surface area contributed by atoms with Gasteiger partial charge in [-0.1, -0.05) is 18.2 Å². The summed E-state index contributed by atoms with van der Waals surface area (Å²) < 4.78 is 71.3. The fourth-order valence-corrected chi connectivity index (χ4v) is 5.33. The lowest BCUT2D eigenvalue weighted by atomic mass is 9.88. The van der Waals surface area contributed by atoms with Gasteiger partial charge in [-0.15, -0.1) is 0 Å². The number of aromatic amines is 1. The fourth-order valence-electron chi connectivity index (χ4n) is 5.33. The van der Waals surface area contributed by atoms with Crippen LogP contribution in [-0.4, -0.2) is 83.7 Å². The highest BCUT2D eigenvalue weighted by atomic mass is 19.4. The monoisotopic (exact) mass is 594 g/mol. The van der Waals surface area contributed by atoms with Gasteiger partial charge in [0, 0.05) is 40.8 Å². The maximum absolute atomic E-state index is 13.9. The van der Waals surface area contributed by atoms with Crippen molar-refractivity contribution >= 4 is 17.0 Å². The topological polar surface area (TPSA) is 79.9 Å². The summed E-state index contributed by atoms with van der Waals surface area (Å²) in [6.45, 7) is 5.56. The van der Waals surface area contributed by atoms with Gasteiger partial charge in [-0.05, 0) is 52.2 Å². The number of hydrogen-bond donors (Lipinski definition) is 1. The van der Waals surface area contributed by atoms with Gasteiger partial charge in [-0.25, -0.2) is 9.78 Å². The quantitative estimate of drug-likeness (QED) is 0.272. The van der Waals surface area contributed by atoms with E-state index in [1.807, 2.05) is 24.3 Å². The minimum Gasteiger partial charge on any atom is -0.495 e. The molecule has 3 aromatic rings. The van der Waals surface area contributed by atoms with E-state index >= 15 is 0 Å². The van der Waals surface area contributed by atoms with Gasteiger partial charge in [0.15, 0.2) is 0 Å². The highest BCUT2D eigenvalue weighted by Crippen LogP contribution is 2.45. The van der Waals surface area contributed by atoms with Crippen LogP contribution in [0.15, 0.2) is 36.5 Å². The van der Waals surface area contributed by atoms with E-state index in [2.05, 4.69) is 9.97 Å². The fraction of sp³-hybridized carbons (Fsp3) is 0.533. The van der Waals surface area contributed by atoms with Gasteiger partial charge in [0.05, 0.1) is 39.1 Å². The third-order valence-electron chi connectivity index (χ3n) is 7.09. The lowest BCUT2D eigenvalue weighted by Gasteiger charge is -2.41. The summed E-state index contributed by atoms with van der Waals surface area (Å²) in [4.78, 5) is 23.1. The van der Waals surface area contributed by atoms with Gasteiger partial charge >= 0.3 is 12.3 Å². The molecule has 4 rings (SSSR count). The highest BCUT2D eigenvalue weighted by molar-refractivity contribution is 5.85. The number of nitrogens with zero attached hydrogens (tertiary/aromatic N) is 3. The number of alkyl halides is 4. The minimum atomic E-state index is -4.43. The smallest absolute Gasteiger partial charge is 0.410 e. The molecule has 2 atom stereocenters. The molecule has 0 bridgehead atoms. The largest absolute Gasteiger partial charge is 0.495 e. The molecular weight excluding hydrogens is 556 g/mol. The van der Waals surface area contributed by atoms with E-state index in [-0.39, 0.29) is 32.0 Å². The Morgan fingerprint density at radius 3 is 2.60 bits per heavy atom. The van der Waals surface area contributed by atoms with E-state index in [9.17, 15) is 22.4 Å². The molecular formula is C30H38F4N4O4. The first-order valence-electron chi connectivity index (χ1n) is 13.9. The predicted octanol–water partition coefficient (Wildman–Crippen LogP) is 6.45. The molecule has 1 aliphatic rings. The van der Waals surface area contributed by atoms with E-state index in [0.29, 0.717) is 23.4 Å². The van der Waals surface area contributed by atoms with E-state index in [1.165, 1.54) is 23.1 Å². The van der Waals surface area contributed by atoms with Crippen molar-refractivity contribution in [2.75, 3.05) is 40.0 Å². The molecule has 12 heteroatoms.